The van der Waals surface area contributed by atoms with Gasteiger partial charge in [-0.05, 0) is 13.3 Å². The zero-order chi connectivity index (χ0) is 25.4. The summed E-state index contributed by atoms with van der Waals surface area (Å²) in [4.78, 5) is 38.7. The molecule has 0 aromatic heterocycles. The first-order valence-corrected chi connectivity index (χ1v) is 13.6. The molecular formula is C20H32N4O8S2. The second kappa shape index (κ2) is 10.5. The van der Waals surface area contributed by atoms with Crippen molar-refractivity contribution in [2.75, 3.05) is 39.0 Å². The molecule has 0 saturated carbocycles. The van der Waals surface area contributed by atoms with Crippen LogP contribution in [-0.2, 0) is 24.4 Å². The van der Waals surface area contributed by atoms with Crippen molar-refractivity contribution >= 4 is 39.6 Å². The summed E-state index contributed by atoms with van der Waals surface area (Å²) in [5, 5.41) is 34.2. The Labute approximate surface area is 202 Å². The molecule has 0 radical (unpaired) electrons. The number of β-lactam (4-membered cyclic amide) rings is 1. The van der Waals surface area contributed by atoms with Crippen LogP contribution in [0.3, 0.4) is 0 Å². The summed E-state index contributed by atoms with van der Waals surface area (Å²) in [5.41, 5.74) is -0.0468. The van der Waals surface area contributed by atoms with Gasteiger partial charge in [0.25, 0.3) is 0 Å². The fourth-order valence-electron chi connectivity index (χ4n) is 4.71. The van der Waals surface area contributed by atoms with Crippen LogP contribution in [0.25, 0.3) is 0 Å². The third-order valence-electron chi connectivity index (χ3n) is 6.56. The highest BCUT2D eigenvalue weighted by atomic mass is 32.2. The Morgan fingerprint density at radius 1 is 1.38 bits per heavy atom. The molecule has 192 valence electrons. The number of fused-ring (bicyclic) bond motifs is 1. The first-order valence-electron chi connectivity index (χ1n) is 11.1. The van der Waals surface area contributed by atoms with Crippen LogP contribution in [-0.4, -0.2) is 113 Å². The third kappa shape index (κ3) is 5.11. The summed E-state index contributed by atoms with van der Waals surface area (Å²) in [5.74, 6) is -3.09. The number of amides is 2. The van der Waals surface area contributed by atoms with Crippen molar-refractivity contribution in [1.82, 2.24) is 19.8 Å². The fourth-order valence-corrected chi connectivity index (χ4v) is 7.22. The minimum absolute atomic E-state index is 0.0200. The average Bonchev–Trinajstić information content (AvgIpc) is 3.30. The number of carboxylic acid groups (broad SMARTS) is 1. The molecule has 3 heterocycles. The van der Waals surface area contributed by atoms with E-state index in [2.05, 4.69) is 10.6 Å². The molecule has 2 fully saturated rings. The third-order valence-corrected chi connectivity index (χ3v) is 9.92. The van der Waals surface area contributed by atoms with Crippen LogP contribution < -0.4 is 10.6 Å². The molecule has 0 aliphatic carbocycles. The Kier molecular flexibility index (Phi) is 8.30. The topological polar surface area (TPSA) is 177 Å². The van der Waals surface area contributed by atoms with Gasteiger partial charge in [0.05, 0.1) is 36.5 Å². The molecule has 0 aromatic carbocycles. The maximum atomic E-state index is 12.5. The summed E-state index contributed by atoms with van der Waals surface area (Å²) in [7, 11) is -2.23. The number of likely N-dealkylation sites (N-methyl/N-ethyl adjacent to an activating group) is 1. The van der Waals surface area contributed by atoms with Crippen molar-refractivity contribution in [3.05, 3.63) is 10.6 Å². The van der Waals surface area contributed by atoms with Crippen LogP contribution in [0, 0.1) is 11.8 Å². The smallest absolute Gasteiger partial charge is 0.353 e. The molecule has 3 aliphatic rings. The van der Waals surface area contributed by atoms with E-state index < -0.39 is 34.1 Å². The Morgan fingerprint density at radius 3 is 2.65 bits per heavy atom. The number of nitrogens with one attached hydrogen (secondary N) is 2. The molecule has 0 spiro atoms. The maximum absolute atomic E-state index is 12.5. The number of thioether (sulfide) groups is 1. The second-order valence-corrected chi connectivity index (χ2v) is 12.4. The molecule has 3 aliphatic heterocycles. The van der Waals surface area contributed by atoms with Crippen LogP contribution in [0.2, 0.25) is 0 Å². The SMILES string of the molecule is C[C@@H](O)[C@H]1C(=O)N2C(C(=O)O)=C(S[C@@H]3CN[C@H](C(=O)NCCS(=O)(=O)N(C)CCO)C3)[C@H](C)[C@H]12. The number of aliphatic hydroxyl groups is 2. The van der Waals surface area contributed by atoms with E-state index in [0.29, 0.717) is 17.9 Å². The van der Waals surface area contributed by atoms with E-state index in [9.17, 15) is 33.0 Å². The van der Waals surface area contributed by atoms with Gasteiger partial charge in [0.2, 0.25) is 21.8 Å². The normalized spacial score (nSPS) is 29.9. The van der Waals surface area contributed by atoms with Crippen molar-refractivity contribution in [2.45, 2.75) is 43.7 Å². The van der Waals surface area contributed by atoms with Crippen molar-refractivity contribution in [3.63, 3.8) is 0 Å². The van der Waals surface area contributed by atoms with E-state index in [1.165, 1.54) is 30.6 Å². The first-order chi connectivity index (χ1) is 15.9. The highest BCUT2D eigenvalue weighted by Gasteiger charge is 2.60. The molecule has 0 aromatic rings. The zero-order valence-corrected chi connectivity index (χ0v) is 20.9. The minimum atomic E-state index is -3.59. The number of carbonyl (C=O) groups excluding carboxylic acids is 2. The monoisotopic (exact) mass is 520 g/mol. The summed E-state index contributed by atoms with van der Waals surface area (Å²) in [6.07, 6.45) is -0.459. The van der Waals surface area contributed by atoms with E-state index in [4.69, 9.17) is 5.11 Å². The van der Waals surface area contributed by atoms with Crippen molar-refractivity contribution in [2.24, 2.45) is 11.8 Å². The van der Waals surface area contributed by atoms with Gasteiger partial charge < -0.3 is 30.9 Å². The molecule has 0 bridgehead atoms. The van der Waals surface area contributed by atoms with Crippen molar-refractivity contribution < 1.29 is 38.1 Å². The number of carboxylic acids is 1. The van der Waals surface area contributed by atoms with Gasteiger partial charge in [-0.25, -0.2) is 17.5 Å². The summed E-state index contributed by atoms with van der Waals surface area (Å²) < 4.78 is 25.2. The lowest BCUT2D eigenvalue weighted by molar-refractivity contribution is -0.163. The van der Waals surface area contributed by atoms with Gasteiger partial charge in [0.15, 0.2) is 0 Å². The number of aliphatic carboxylic acids is 1. The van der Waals surface area contributed by atoms with Gasteiger partial charge >= 0.3 is 5.97 Å². The largest absolute Gasteiger partial charge is 0.477 e. The van der Waals surface area contributed by atoms with Crippen LogP contribution >= 0.6 is 11.8 Å². The molecule has 2 amide bonds. The first kappa shape index (κ1) is 26.9. The molecule has 2 saturated heterocycles. The number of rotatable bonds is 11. The predicted molar refractivity (Wildman–Crippen MR) is 124 cm³/mol. The van der Waals surface area contributed by atoms with Crippen molar-refractivity contribution in [1.29, 1.82) is 0 Å². The lowest BCUT2D eigenvalue weighted by atomic mass is 9.79. The van der Waals surface area contributed by atoms with Gasteiger partial charge in [0, 0.05) is 42.8 Å². The number of aliphatic hydroxyl groups excluding tert-OH is 2. The Bertz CT molecular complexity index is 970. The van der Waals surface area contributed by atoms with E-state index in [1.807, 2.05) is 6.92 Å². The van der Waals surface area contributed by atoms with Crippen LogP contribution in [0.5, 0.6) is 0 Å². The molecule has 12 nitrogen and oxygen atoms in total. The molecular weight excluding hydrogens is 488 g/mol. The van der Waals surface area contributed by atoms with Crippen LogP contribution in [0.1, 0.15) is 20.3 Å². The van der Waals surface area contributed by atoms with E-state index in [1.54, 1.807) is 0 Å². The number of hydrogen-bond donors (Lipinski definition) is 5. The number of sulfonamides is 1. The van der Waals surface area contributed by atoms with E-state index in [-0.39, 0.29) is 60.2 Å². The Hall–Kier alpha value is -1.71. The van der Waals surface area contributed by atoms with Crippen LogP contribution in [0.4, 0.5) is 0 Å². The molecule has 3 rings (SSSR count). The lowest BCUT2D eigenvalue weighted by Crippen LogP contribution is -2.63. The highest BCUT2D eigenvalue weighted by molar-refractivity contribution is 8.03. The van der Waals surface area contributed by atoms with Crippen LogP contribution in [0.15, 0.2) is 10.6 Å². The quantitative estimate of drug-likeness (QED) is 0.191. The van der Waals surface area contributed by atoms with Gasteiger partial charge in [-0.2, -0.15) is 0 Å². The molecule has 14 heteroatoms. The molecule has 6 atom stereocenters. The highest BCUT2D eigenvalue weighted by Crippen LogP contribution is 2.51. The Balaban J connectivity index is 1.57. The number of carbonyl (C=O) groups is 3. The predicted octanol–water partition coefficient (Wildman–Crippen LogP) is -2.03. The molecule has 0 unspecified atom stereocenters. The molecule has 34 heavy (non-hydrogen) atoms. The van der Waals surface area contributed by atoms with Gasteiger partial charge in [-0.15, -0.1) is 11.8 Å². The lowest BCUT2D eigenvalue weighted by Gasteiger charge is -2.46. The summed E-state index contributed by atoms with van der Waals surface area (Å²) in [6, 6.07) is -0.940. The average molecular weight is 521 g/mol. The summed E-state index contributed by atoms with van der Waals surface area (Å²) >= 11 is 1.34. The minimum Gasteiger partial charge on any atom is -0.477 e. The molecule has 5 N–H and O–H groups in total. The fraction of sp³-hybridized carbons (Fsp3) is 0.750. The van der Waals surface area contributed by atoms with Gasteiger partial charge in [-0.3, -0.25) is 9.59 Å². The van der Waals surface area contributed by atoms with Crippen molar-refractivity contribution in [3.8, 4) is 0 Å². The van der Waals surface area contributed by atoms with Gasteiger partial charge in [-0.1, -0.05) is 6.92 Å². The number of nitrogens with zero attached hydrogens (tertiary/aromatic N) is 2. The van der Waals surface area contributed by atoms with E-state index >= 15 is 0 Å². The Morgan fingerprint density at radius 2 is 2.06 bits per heavy atom. The number of hydrogen-bond acceptors (Lipinski definition) is 9. The summed E-state index contributed by atoms with van der Waals surface area (Å²) in [6.45, 7) is 3.43. The zero-order valence-electron chi connectivity index (χ0n) is 19.3. The van der Waals surface area contributed by atoms with E-state index in [0.717, 1.165) is 4.31 Å². The second-order valence-electron chi connectivity index (χ2n) is 8.86. The standard InChI is InChI=1S/C20H32N4O8S2/c1-10-15-14(11(2)26)19(28)24(15)16(20(29)30)17(10)33-12-8-13(22-9-12)18(27)21-4-7-34(31,32)23(3)5-6-25/h10-15,22,25-26H,4-9H2,1-3H3,(H,21,27)(H,29,30)/t10-,11-,12+,13+,14-,15-/m1/s1. The maximum Gasteiger partial charge on any atom is 0.353 e. The van der Waals surface area contributed by atoms with Gasteiger partial charge in [0.1, 0.15) is 5.70 Å².